The number of hydrogen-bond donors (Lipinski definition) is 2. The van der Waals surface area contributed by atoms with E-state index in [1.807, 2.05) is 4.72 Å². The predicted molar refractivity (Wildman–Crippen MR) is 164 cm³/mol. The summed E-state index contributed by atoms with van der Waals surface area (Å²) in [5.74, 6) is -0.665. The molecule has 1 aliphatic rings. The van der Waals surface area contributed by atoms with E-state index in [2.05, 4.69) is 4.72 Å². The van der Waals surface area contributed by atoms with Gasteiger partial charge in [0.15, 0.2) is 0 Å². The van der Waals surface area contributed by atoms with E-state index >= 15 is 0 Å². The molecule has 1 saturated heterocycles. The van der Waals surface area contributed by atoms with E-state index in [1.165, 1.54) is 65.0 Å². The SMILES string of the molecule is O=C(CCC/C=C\[C@@H]1C[C@@H](NS(=O)(=O)c2ccc(Cl)cc2)CN1S(=O)(=O)c1ccc(Cl)cc1)NS(=O)(=O)c1ccccc1. The standard InChI is InChI=1S/C28H29Cl2N3O7S3/c29-21-11-15-26(16-12-21)41(35,36)31-23-19-24(33(20-23)43(39,40)27-17-13-22(30)14-18-27)7-3-1-6-10-28(34)32-42(37,38)25-8-4-2-5-9-25/h2-5,7-9,11-18,23-24,31H,1,6,10,19-20H2,(H,32,34)/b7-3-/t23-,24-/m1/s1. The summed E-state index contributed by atoms with van der Waals surface area (Å²) >= 11 is 11.8. The van der Waals surface area contributed by atoms with Crippen molar-refractivity contribution in [2.75, 3.05) is 6.54 Å². The second-order valence-electron chi connectivity index (χ2n) is 9.77. The highest BCUT2D eigenvalue weighted by molar-refractivity contribution is 7.90. The number of unbranched alkanes of at least 4 members (excludes halogenated alkanes) is 1. The van der Waals surface area contributed by atoms with E-state index in [1.54, 1.807) is 30.4 Å². The molecule has 2 N–H and O–H groups in total. The number of amides is 1. The van der Waals surface area contributed by atoms with Crippen LogP contribution in [-0.2, 0) is 34.9 Å². The summed E-state index contributed by atoms with van der Waals surface area (Å²) in [4.78, 5) is 12.2. The Balaban J connectivity index is 1.43. The van der Waals surface area contributed by atoms with Crippen LogP contribution in [0.15, 0.2) is 106 Å². The monoisotopic (exact) mass is 685 g/mol. The third kappa shape index (κ3) is 8.66. The van der Waals surface area contributed by atoms with Crippen LogP contribution in [0.25, 0.3) is 0 Å². The second-order valence-corrected chi connectivity index (χ2v) is 15.9. The Bertz CT molecular complexity index is 1780. The highest BCUT2D eigenvalue weighted by Gasteiger charge is 2.40. The zero-order chi connectivity index (χ0) is 31.3. The van der Waals surface area contributed by atoms with Crippen LogP contribution >= 0.6 is 23.2 Å². The van der Waals surface area contributed by atoms with Gasteiger partial charge in [-0.15, -0.1) is 0 Å². The molecule has 43 heavy (non-hydrogen) atoms. The van der Waals surface area contributed by atoms with Crippen molar-refractivity contribution in [3.05, 3.63) is 101 Å². The number of halogens is 2. The van der Waals surface area contributed by atoms with Crippen molar-refractivity contribution < 1.29 is 30.0 Å². The summed E-state index contributed by atoms with van der Waals surface area (Å²) < 4.78 is 83.6. The summed E-state index contributed by atoms with van der Waals surface area (Å²) in [6.45, 7) is -0.119. The molecule has 4 rings (SSSR count). The smallest absolute Gasteiger partial charge is 0.264 e. The number of nitrogens with zero attached hydrogens (tertiary/aromatic N) is 1. The molecule has 0 bridgehead atoms. The molecule has 0 aliphatic carbocycles. The third-order valence-electron chi connectivity index (χ3n) is 6.60. The Morgan fingerprint density at radius 2 is 1.35 bits per heavy atom. The molecule has 15 heteroatoms. The third-order valence-corrected chi connectivity index (χ3v) is 11.9. The maximum absolute atomic E-state index is 13.6. The molecule has 1 fully saturated rings. The first-order valence-electron chi connectivity index (χ1n) is 13.1. The summed E-state index contributed by atoms with van der Waals surface area (Å²) in [6, 6.07) is 17.4. The Kier molecular flexibility index (Phi) is 10.7. The van der Waals surface area contributed by atoms with E-state index in [0.717, 1.165) is 0 Å². The Labute approximate surface area is 261 Å². The Morgan fingerprint density at radius 3 is 1.95 bits per heavy atom. The number of hydrogen-bond acceptors (Lipinski definition) is 7. The molecule has 2 atom stereocenters. The van der Waals surface area contributed by atoms with Crippen molar-refractivity contribution >= 4 is 59.2 Å². The van der Waals surface area contributed by atoms with Gasteiger partial charge in [-0.05, 0) is 79.9 Å². The minimum absolute atomic E-state index is 0.00412. The number of rotatable bonds is 12. The van der Waals surface area contributed by atoms with Crippen LogP contribution in [0.4, 0.5) is 0 Å². The van der Waals surface area contributed by atoms with Gasteiger partial charge in [-0.1, -0.05) is 53.6 Å². The van der Waals surface area contributed by atoms with Gasteiger partial charge >= 0.3 is 0 Å². The average Bonchev–Trinajstić information content (AvgIpc) is 3.36. The first kappa shape index (κ1) is 33.1. The quantitative estimate of drug-likeness (QED) is 0.213. The number of carbonyl (C=O) groups excluding carboxylic acids is 1. The van der Waals surface area contributed by atoms with Crippen LogP contribution in [0.3, 0.4) is 0 Å². The molecule has 1 aliphatic heterocycles. The fourth-order valence-corrected chi connectivity index (χ4v) is 8.68. The van der Waals surface area contributed by atoms with Crippen molar-refractivity contribution in [2.24, 2.45) is 0 Å². The van der Waals surface area contributed by atoms with Crippen molar-refractivity contribution in [3.8, 4) is 0 Å². The van der Waals surface area contributed by atoms with Gasteiger partial charge in [0.05, 0.1) is 14.7 Å². The van der Waals surface area contributed by atoms with Gasteiger partial charge in [-0.2, -0.15) is 4.31 Å². The second kappa shape index (κ2) is 13.9. The fraction of sp³-hybridized carbons (Fsp3) is 0.250. The molecule has 0 spiro atoms. The summed E-state index contributed by atoms with van der Waals surface area (Å²) in [6.07, 6.45) is 4.09. The van der Waals surface area contributed by atoms with E-state index in [9.17, 15) is 30.0 Å². The normalized spacial score (nSPS) is 18.2. The van der Waals surface area contributed by atoms with Gasteiger partial charge in [0.25, 0.3) is 10.0 Å². The predicted octanol–water partition coefficient (Wildman–Crippen LogP) is 4.34. The molecule has 1 heterocycles. The molecule has 0 aromatic heterocycles. The number of allylic oxidation sites excluding steroid dienone is 1. The van der Waals surface area contributed by atoms with Crippen LogP contribution in [0.1, 0.15) is 25.7 Å². The molecule has 0 unspecified atom stereocenters. The first-order chi connectivity index (χ1) is 20.3. The maximum Gasteiger partial charge on any atom is 0.264 e. The maximum atomic E-state index is 13.6. The molecule has 3 aromatic rings. The lowest BCUT2D eigenvalue weighted by Gasteiger charge is -2.22. The van der Waals surface area contributed by atoms with Gasteiger partial charge in [-0.3, -0.25) is 4.79 Å². The first-order valence-corrected chi connectivity index (χ1v) is 18.3. The van der Waals surface area contributed by atoms with Crippen LogP contribution < -0.4 is 9.44 Å². The molecule has 1 amide bonds. The molecule has 3 aromatic carbocycles. The lowest BCUT2D eigenvalue weighted by Crippen LogP contribution is -2.39. The van der Waals surface area contributed by atoms with Gasteiger partial charge in [0, 0.05) is 35.1 Å². The Morgan fingerprint density at radius 1 is 0.791 bits per heavy atom. The number of sulfonamides is 3. The van der Waals surface area contributed by atoms with Gasteiger partial charge in [0.1, 0.15) is 0 Å². The molecular formula is C28H29Cl2N3O7S3. The van der Waals surface area contributed by atoms with E-state index in [0.29, 0.717) is 22.9 Å². The van der Waals surface area contributed by atoms with Crippen molar-refractivity contribution in [2.45, 2.75) is 52.5 Å². The van der Waals surface area contributed by atoms with Crippen molar-refractivity contribution in [3.63, 3.8) is 0 Å². The fourth-order valence-electron chi connectivity index (χ4n) is 4.51. The topological polar surface area (TPSA) is 147 Å². The largest absolute Gasteiger partial charge is 0.274 e. The highest BCUT2D eigenvalue weighted by atomic mass is 35.5. The lowest BCUT2D eigenvalue weighted by atomic mass is 10.1. The van der Waals surface area contributed by atoms with E-state index in [4.69, 9.17) is 23.2 Å². The zero-order valence-corrected chi connectivity index (χ0v) is 26.6. The minimum atomic E-state index is -4.03. The van der Waals surface area contributed by atoms with Crippen LogP contribution in [0.2, 0.25) is 10.0 Å². The Hall–Kier alpha value is -2.78. The number of nitrogens with one attached hydrogen (secondary N) is 2. The van der Waals surface area contributed by atoms with E-state index in [-0.39, 0.29) is 34.1 Å². The minimum Gasteiger partial charge on any atom is -0.274 e. The molecule has 0 radical (unpaired) electrons. The number of carbonyl (C=O) groups is 1. The molecular weight excluding hydrogens is 657 g/mol. The van der Waals surface area contributed by atoms with Crippen LogP contribution in [0.5, 0.6) is 0 Å². The molecule has 230 valence electrons. The van der Waals surface area contributed by atoms with Gasteiger partial charge in [-0.25, -0.2) is 34.7 Å². The van der Waals surface area contributed by atoms with Gasteiger partial charge < -0.3 is 0 Å². The molecule has 10 nitrogen and oxygen atoms in total. The van der Waals surface area contributed by atoms with Crippen molar-refractivity contribution in [1.82, 2.24) is 13.7 Å². The summed E-state index contributed by atoms with van der Waals surface area (Å²) in [5.41, 5.74) is 0. The molecule has 0 saturated carbocycles. The van der Waals surface area contributed by atoms with Crippen LogP contribution in [0, 0.1) is 0 Å². The summed E-state index contributed by atoms with van der Waals surface area (Å²) in [5, 5.41) is 0.742. The summed E-state index contributed by atoms with van der Waals surface area (Å²) in [7, 11) is -12.0. The lowest BCUT2D eigenvalue weighted by molar-refractivity contribution is -0.119. The van der Waals surface area contributed by atoms with Crippen LogP contribution in [-0.4, -0.2) is 54.1 Å². The average molecular weight is 687 g/mol. The number of benzene rings is 3. The van der Waals surface area contributed by atoms with Gasteiger partial charge in [0.2, 0.25) is 26.0 Å². The zero-order valence-electron chi connectivity index (χ0n) is 22.6. The highest BCUT2D eigenvalue weighted by Crippen LogP contribution is 2.29. The van der Waals surface area contributed by atoms with E-state index < -0.39 is 48.1 Å². The van der Waals surface area contributed by atoms with Crippen molar-refractivity contribution in [1.29, 1.82) is 0 Å².